The molecule has 0 aliphatic carbocycles. The quantitative estimate of drug-likeness (QED) is 0.850. The van der Waals surface area contributed by atoms with E-state index in [2.05, 4.69) is 22.2 Å². The van der Waals surface area contributed by atoms with Gasteiger partial charge in [0, 0.05) is 17.6 Å². The summed E-state index contributed by atoms with van der Waals surface area (Å²) < 4.78 is 0. The molecule has 0 atom stereocenters. The highest BCUT2D eigenvalue weighted by Crippen LogP contribution is 2.22. The molecule has 0 bridgehead atoms. The SMILES string of the molecule is CCc1nc(CN(CCC(=O)O)c2ccccc2C)cs1. The summed E-state index contributed by atoms with van der Waals surface area (Å²) in [6.45, 7) is 5.27. The maximum absolute atomic E-state index is 10.9. The van der Waals surface area contributed by atoms with E-state index in [4.69, 9.17) is 5.11 Å². The Hall–Kier alpha value is -1.88. The number of para-hydroxylation sites is 1. The fraction of sp³-hybridized carbons (Fsp3) is 0.375. The van der Waals surface area contributed by atoms with E-state index in [1.165, 1.54) is 0 Å². The van der Waals surface area contributed by atoms with Crippen molar-refractivity contribution in [2.75, 3.05) is 11.4 Å². The van der Waals surface area contributed by atoms with E-state index in [9.17, 15) is 4.79 Å². The number of carboxylic acids is 1. The third kappa shape index (κ3) is 4.29. The first-order valence-corrected chi connectivity index (χ1v) is 7.93. The highest BCUT2D eigenvalue weighted by Gasteiger charge is 2.13. The van der Waals surface area contributed by atoms with Gasteiger partial charge in [0.2, 0.25) is 0 Å². The third-order valence-corrected chi connectivity index (χ3v) is 4.35. The molecule has 2 aromatic rings. The summed E-state index contributed by atoms with van der Waals surface area (Å²) in [5.74, 6) is -0.777. The number of aliphatic carboxylic acids is 1. The number of anilines is 1. The van der Waals surface area contributed by atoms with Gasteiger partial charge in [0.05, 0.1) is 23.7 Å². The zero-order valence-electron chi connectivity index (χ0n) is 12.4. The Morgan fingerprint density at radius 1 is 1.38 bits per heavy atom. The predicted molar refractivity (Wildman–Crippen MR) is 86.0 cm³/mol. The number of thiazole rings is 1. The molecule has 0 aliphatic rings. The molecule has 0 radical (unpaired) electrons. The van der Waals surface area contributed by atoms with Gasteiger partial charge >= 0.3 is 5.97 Å². The molecule has 112 valence electrons. The van der Waals surface area contributed by atoms with Gasteiger partial charge in [0.25, 0.3) is 0 Å². The van der Waals surface area contributed by atoms with Gasteiger partial charge in [0.1, 0.15) is 0 Å². The van der Waals surface area contributed by atoms with Gasteiger partial charge in [-0.2, -0.15) is 0 Å². The van der Waals surface area contributed by atoms with E-state index in [0.717, 1.165) is 28.4 Å². The highest BCUT2D eigenvalue weighted by molar-refractivity contribution is 7.09. The van der Waals surface area contributed by atoms with Crippen LogP contribution >= 0.6 is 11.3 Å². The molecule has 0 unspecified atom stereocenters. The standard InChI is InChI=1S/C16H20N2O2S/c1-3-15-17-13(11-21-15)10-18(9-8-16(19)20)14-7-5-4-6-12(14)2/h4-7,11H,3,8-10H2,1-2H3,(H,19,20). The summed E-state index contributed by atoms with van der Waals surface area (Å²) in [7, 11) is 0. The monoisotopic (exact) mass is 304 g/mol. The van der Waals surface area contributed by atoms with Gasteiger partial charge in [0.15, 0.2) is 0 Å². The average molecular weight is 304 g/mol. The van der Waals surface area contributed by atoms with E-state index < -0.39 is 5.97 Å². The van der Waals surface area contributed by atoms with Crippen molar-refractivity contribution in [3.8, 4) is 0 Å². The van der Waals surface area contributed by atoms with E-state index in [0.29, 0.717) is 13.1 Å². The second-order valence-electron chi connectivity index (χ2n) is 4.94. The average Bonchev–Trinajstić information content (AvgIpc) is 2.92. The van der Waals surface area contributed by atoms with Crippen LogP contribution in [0, 0.1) is 6.92 Å². The first-order chi connectivity index (χ1) is 10.1. The van der Waals surface area contributed by atoms with Crippen molar-refractivity contribution in [2.24, 2.45) is 0 Å². The third-order valence-electron chi connectivity index (χ3n) is 3.31. The normalized spacial score (nSPS) is 10.6. The van der Waals surface area contributed by atoms with Gasteiger partial charge in [-0.15, -0.1) is 11.3 Å². The fourth-order valence-corrected chi connectivity index (χ4v) is 2.95. The summed E-state index contributed by atoms with van der Waals surface area (Å²) in [5.41, 5.74) is 3.23. The van der Waals surface area contributed by atoms with Gasteiger partial charge < -0.3 is 10.0 Å². The summed E-state index contributed by atoms with van der Waals surface area (Å²) >= 11 is 1.66. The molecule has 21 heavy (non-hydrogen) atoms. The van der Waals surface area contributed by atoms with E-state index in [1.807, 2.05) is 31.2 Å². The summed E-state index contributed by atoms with van der Waals surface area (Å²) in [6, 6.07) is 8.05. The fourth-order valence-electron chi connectivity index (χ4n) is 2.21. The maximum atomic E-state index is 10.9. The van der Waals surface area contributed by atoms with Crippen LogP contribution in [0.4, 0.5) is 5.69 Å². The molecule has 0 saturated carbocycles. The molecular formula is C16H20N2O2S. The zero-order valence-corrected chi connectivity index (χ0v) is 13.2. The first-order valence-electron chi connectivity index (χ1n) is 7.05. The minimum atomic E-state index is -0.777. The number of nitrogens with zero attached hydrogens (tertiary/aromatic N) is 2. The lowest BCUT2D eigenvalue weighted by Gasteiger charge is -2.25. The maximum Gasteiger partial charge on any atom is 0.305 e. The molecule has 1 aromatic heterocycles. The van der Waals surface area contributed by atoms with Crippen LogP contribution in [0.1, 0.15) is 29.6 Å². The Bertz CT molecular complexity index is 610. The number of rotatable bonds is 7. The molecule has 0 saturated heterocycles. The first kappa shape index (κ1) is 15.5. The molecule has 2 rings (SSSR count). The van der Waals surface area contributed by atoms with Crippen molar-refractivity contribution in [3.05, 3.63) is 45.9 Å². The van der Waals surface area contributed by atoms with Gasteiger partial charge in [-0.1, -0.05) is 25.1 Å². The van der Waals surface area contributed by atoms with Crippen LogP contribution in [0.25, 0.3) is 0 Å². The van der Waals surface area contributed by atoms with Crippen molar-refractivity contribution in [1.29, 1.82) is 0 Å². The van der Waals surface area contributed by atoms with Crippen molar-refractivity contribution in [1.82, 2.24) is 4.98 Å². The highest BCUT2D eigenvalue weighted by atomic mass is 32.1. The summed E-state index contributed by atoms with van der Waals surface area (Å²) in [5, 5.41) is 12.1. The lowest BCUT2D eigenvalue weighted by molar-refractivity contribution is -0.136. The number of carbonyl (C=O) groups is 1. The topological polar surface area (TPSA) is 53.4 Å². The second-order valence-corrected chi connectivity index (χ2v) is 5.88. The summed E-state index contributed by atoms with van der Waals surface area (Å²) in [4.78, 5) is 17.6. The summed E-state index contributed by atoms with van der Waals surface area (Å²) in [6.07, 6.45) is 1.06. The van der Waals surface area contributed by atoms with Crippen LogP contribution in [0.2, 0.25) is 0 Å². The number of benzene rings is 1. The van der Waals surface area contributed by atoms with Crippen molar-refractivity contribution < 1.29 is 9.90 Å². The Balaban J connectivity index is 2.19. The molecule has 1 heterocycles. The van der Waals surface area contributed by atoms with Crippen molar-refractivity contribution in [3.63, 3.8) is 0 Å². The molecule has 1 aromatic carbocycles. The van der Waals surface area contributed by atoms with Gasteiger partial charge in [-0.25, -0.2) is 4.98 Å². The van der Waals surface area contributed by atoms with Crippen LogP contribution in [0.3, 0.4) is 0 Å². The predicted octanol–water partition coefficient (Wildman–Crippen LogP) is 3.50. The molecule has 1 N–H and O–H groups in total. The Morgan fingerprint density at radius 2 is 2.14 bits per heavy atom. The molecule has 0 spiro atoms. The van der Waals surface area contributed by atoms with Crippen LogP contribution in [0.5, 0.6) is 0 Å². The minimum Gasteiger partial charge on any atom is -0.481 e. The molecule has 0 aliphatic heterocycles. The molecular weight excluding hydrogens is 284 g/mol. The van der Waals surface area contributed by atoms with Crippen LogP contribution in [-0.4, -0.2) is 22.6 Å². The van der Waals surface area contributed by atoms with Crippen molar-refractivity contribution >= 4 is 23.0 Å². The van der Waals surface area contributed by atoms with Crippen LogP contribution in [-0.2, 0) is 17.8 Å². The van der Waals surface area contributed by atoms with Crippen LogP contribution in [0.15, 0.2) is 29.6 Å². The van der Waals surface area contributed by atoms with Gasteiger partial charge in [-0.3, -0.25) is 4.79 Å². The zero-order chi connectivity index (χ0) is 15.2. The molecule has 0 amide bonds. The largest absolute Gasteiger partial charge is 0.481 e. The Morgan fingerprint density at radius 3 is 2.76 bits per heavy atom. The van der Waals surface area contributed by atoms with E-state index >= 15 is 0 Å². The number of aryl methyl sites for hydroxylation is 2. The number of carboxylic acid groups (broad SMARTS) is 1. The Kier molecular flexibility index (Phi) is 5.33. The molecule has 4 nitrogen and oxygen atoms in total. The molecule has 5 heteroatoms. The number of hydrogen-bond donors (Lipinski definition) is 1. The second kappa shape index (κ2) is 7.22. The van der Waals surface area contributed by atoms with Crippen molar-refractivity contribution in [2.45, 2.75) is 33.2 Å². The van der Waals surface area contributed by atoms with Crippen LogP contribution < -0.4 is 4.90 Å². The smallest absolute Gasteiger partial charge is 0.305 e. The minimum absolute atomic E-state index is 0.124. The van der Waals surface area contributed by atoms with E-state index in [-0.39, 0.29) is 6.42 Å². The van der Waals surface area contributed by atoms with E-state index in [1.54, 1.807) is 11.3 Å². The lowest BCUT2D eigenvalue weighted by Crippen LogP contribution is -2.26. The van der Waals surface area contributed by atoms with Gasteiger partial charge in [-0.05, 0) is 25.0 Å². The molecule has 0 fully saturated rings. The number of hydrogen-bond acceptors (Lipinski definition) is 4. The number of aromatic nitrogens is 1. The Labute approximate surface area is 129 Å². The lowest BCUT2D eigenvalue weighted by atomic mass is 10.1.